The Balaban J connectivity index is 2.33. The molecule has 1 N–H and O–H groups in total. The highest BCUT2D eigenvalue weighted by molar-refractivity contribution is 6.06. The van der Waals surface area contributed by atoms with E-state index in [4.69, 9.17) is 4.74 Å². The first-order valence-corrected chi connectivity index (χ1v) is 6.42. The van der Waals surface area contributed by atoms with Gasteiger partial charge in [-0.05, 0) is 44.5 Å². The molecule has 0 atom stereocenters. The maximum Gasteiger partial charge on any atom is 0.259 e. The van der Waals surface area contributed by atoms with E-state index in [-0.39, 0.29) is 5.91 Å². The summed E-state index contributed by atoms with van der Waals surface area (Å²) >= 11 is 0. The monoisotopic (exact) mass is 270 g/mol. The topological polar surface area (TPSA) is 51.2 Å². The van der Waals surface area contributed by atoms with E-state index in [2.05, 4.69) is 10.3 Å². The van der Waals surface area contributed by atoms with Crippen LogP contribution in [-0.2, 0) is 0 Å². The molecule has 0 aliphatic rings. The maximum absolute atomic E-state index is 12.4. The number of ether oxygens (including phenoxy) is 1. The average molecular weight is 270 g/mol. The number of nitrogens with one attached hydrogen (secondary N) is 1. The van der Waals surface area contributed by atoms with E-state index < -0.39 is 0 Å². The van der Waals surface area contributed by atoms with Gasteiger partial charge in [0.05, 0.1) is 24.1 Å². The van der Waals surface area contributed by atoms with Crippen molar-refractivity contribution in [2.24, 2.45) is 0 Å². The minimum atomic E-state index is -0.195. The molecule has 1 aromatic carbocycles. The van der Waals surface area contributed by atoms with Crippen molar-refractivity contribution < 1.29 is 9.53 Å². The Morgan fingerprint density at radius 1 is 1.20 bits per heavy atom. The van der Waals surface area contributed by atoms with E-state index in [1.807, 2.05) is 39.0 Å². The van der Waals surface area contributed by atoms with Gasteiger partial charge in [-0.3, -0.25) is 9.78 Å². The smallest absolute Gasteiger partial charge is 0.259 e. The van der Waals surface area contributed by atoms with Crippen LogP contribution in [0.5, 0.6) is 5.75 Å². The number of rotatable bonds is 3. The van der Waals surface area contributed by atoms with E-state index in [0.717, 1.165) is 22.6 Å². The Labute approximate surface area is 118 Å². The molecule has 2 rings (SSSR count). The maximum atomic E-state index is 12.4. The molecule has 104 valence electrons. The summed E-state index contributed by atoms with van der Waals surface area (Å²) in [5.41, 5.74) is 4.01. The molecule has 4 heteroatoms. The summed E-state index contributed by atoms with van der Waals surface area (Å²) < 4.78 is 5.21. The Hall–Kier alpha value is -2.36. The summed E-state index contributed by atoms with van der Waals surface area (Å²) in [5.74, 6) is 0.361. The van der Waals surface area contributed by atoms with Crippen LogP contribution in [0, 0.1) is 20.8 Å². The fourth-order valence-electron chi connectivity index (χ4n) is 2.23. The molecular formula is C16H18N2O2. The number of methoxy groups -OCH3 is 1. The lowest BCUT2D eigenvalue weighted by atomic mass is 10.1. The third kappa shape index (κ3) is 2.79. The van der Waals surface area contributed by atoms with Crippen molar-refractivity contribution in [3.05, 3.63) is 52.8 Å². The third-order valence-corrected chi connectivity index (χ3v) is 3.12. The Bertz CT molecular complexity index is 628. The number of nitrogens with zero attached hydrogens (tertiary/aromatic N) is 1. The van der Waals surface area contributed by atoms with Crippen LogP contribution < -0.4 is 10.1 Å². The number of aryl methyl sites for hydroxylation is 3. The van der Waals surface area contributed by atoms with Gasteiger partial charge in [-0.2, -0.15) is 0 Å². The van der Waals surface area contributed by atoms with E-state index >= 15 is 0 Å². The molecular weight excluding hydrogens is 252 g/mol. The van der Waals surface area contributed by atoms with Gasteiger partial charge in [0.2, 0.25) is 0 Å². The molecule has 20 heavy (non-hydrogen) atoms. The second kappa shape index (κ2) is 5.74. The summed E-state index contributed by atoms with van der Waals surface area (Å²) in [6.45, 7) is 5.78. The highest BCUT2D eigenvalue weighted by atomic mass is 16.5. The number of carbonyl (C=O) groups excluding carboxylic acids is 1. The predicted octanol–water partition coefficient (Wildman–Crippen LogP) is 3.27. The van der Waals surface area contributed by atoms with E-state index in [9.17, 15) is 4.79 Å². The zero-order valence-electron chi connectivity index (χ0n) is 12.2. The number of para-hydroxylation sites is 1. The van der Waals surface area contributed by atoms with Crippen molar-refractivity contribution in [2.75, 3.05) is 12.4 Å². The number of pyridine rings is 1. The number of hydrogen-bond acceptors (Lipinski definition) is 3. The molecule has 4 nitrogen and oxygen atoms in total. The zero-order chi connectivity index (χ0) is 14.7. The minimum absolute atomic E-state index is 0.195. The van der Waals surface area contributed by atoms with Crippen molar-refractivity contribution in [2.45, 2.75) is 20.8 Å². The predicted molar refractivity (Wildman–Crippen MR) is 79.4 cm³/mol. The van der Waals surface area contributed by atoms with E-state index in [0.29, 0.717) is 11.3 Å². The number of carbonyl (C=O) groups is 1. The standard InChI is InChI=1S/C16H18N2O2/c1-10-9-11(2)17-12(3)15(10)18-16(19)13-7-5-6-8-14(13)20-4/h5-9H,1-4H3,(H,18,19). The van der Waals surface area contributed by atoms with Gasteiger partial charge in [0, 0.05) is 5.69 Å². The van der Waals surface area contributed by atoms with Crippen molar-refractivity contribution in [1.29, 1.82) is 0 Å². The normalized spacial score (nSPS) is 10.2. The Morgan fingerprint density at radius 2 is 1.90 bits per heavy atom. The first-order chi connectivity index (χ1) is 9.52. The van der Waals surface area contributed by atoms with Gasteiger partial charge in [0.1, 0.15) is 5.75 Å². The van der Waals surface area contributed by atoms with Crippen LogP contribution in [0.4, 0.5) is 5.69 Å². The number of aromatic nitrogens is 1. The minimum Gasteiger partial charge on any atom is -0.496 e. The first kappa shape index (κ1) is 14.1. The molecule has 0 unspecified atom stereocenters. The molecule has 1 aromatic heterocycles. The average Bonchev–Trinajstić information content (AvgIpc) is 2.42. The first-order valence-electron chi connectivity index (χ1n) is 6.42. The lowest BCUT2D eigenvalue weighted by Gasteiger charge is -2.13. The fraction of sp³-hybridized carbons (Fsp3) is 0.250. The number of anilines is 1. The van der Waals surface area contributed by atoms with E-state index in [1.54, 1.807) is 19.2 Å². The van der Waals surface area contributed by atoms with Crippen LogP contribution in [0.2, 0.25) is 0 Å². The molecule has 0 spiro atoms. The Kier molecular flexibility index (Phi) is 4.03. The second-order valence-electron chi connectivity index (χ2n) is 4.70. The highest BCUT2D eigenvalue weighted by Gasteiger charge is 2.14. The van der Waals surface area contributed by atoms with Crippen LogP contribution in [0.25, 0.3) is 0 Å². The Morgan fingerprint density at radius 3 is 2.55 bits per heavy atom. The lowest BCUT2D eigenvalue weighted by Crippen LogP contribution is -2.15. The SMILES string of the molecule is COc1ccccc1C(=O)Nc1c(C)cc(C)nc1C. The van der Waals surface area contributed by atoms with Crippen LogP contribution >= 0.6 is 0 Å². The summed E-state index contributed by atoms with van der Waals surface area (Å²) in [6.07, 6.45) is 0. The third-order valence-electron chi connectivity index (χ3n) is 3.12. The molecule has 0 saturated heterocycles. The molecule has 1 amide bonds. The van der Waals surface area contributed by atoms with Gasteiger partial charge in [-0.25, -0.2) is 0 Å². The second-order valence-corrected chi connectivity index (χ2v) is 4.70. The van der Waals surface area contributed by atoms with Crippen LogP contribution in [-0.4, -0.2) is 18.0 Å². The quantitative estimate of drug-likeness (QED) is 0.931. The number of hydrogen-bond donors (Lipinski definition) is 1. The molecule has 0 bridgehead atoms. The van der Waals surface area contributed by atoms with Crippen molar-refractivity contribution >= 4 is 11.6 Å². The molecule has 2 aromatic rings. The number of amides is 1. The van der Waals surface area contributed by atoms with Crippen molar-refractivity contribution in [3.63, 3.8) is 0 Å². The number of benzene rings is 1. The van der Waals surface area contributed by atoms with Crippen molar-refractivity contribution in [3.8, 4) is 5.75 Å². The van der Waals surface area contributed by atoms with Crippen LogP contribution in [0.1, 0.15) is 27.3 Å². The largest absolute Gasteiger partial charge is 0.496 e. The van der Waals surface area contributed by atoms with Gasteiger partial charge in [0.25, 0.3) is 5.91 Å². The van der Waals surface area contributed by atoms with Crippen LogP contribution in [0.3, 0.4) is 0 Å². The van der Waals surface area contributed by atoms with Gasteiger partial charge in [0.15, 0.2) is 0 Å². The van der Waals surface area contributed by atoms with Gasteiger partial charge < -0.3 is 10.1 Å². The summed E-state index contributed by atoms with van der Waals surface area (Å²) in [7, 11) is 1.55. The fourth-order valence-corrected chi connectivity index (χ4v) is 2.23. The molecule has 0 saturated carbocycles. The zero-order valence-corrected chi connectivity index (χ0v) is 12.2. The lowest BCUT2D eigenvalue weighted by molar-refractivity contribution is 0.102. The molecule has 0 aliphatic carbocycles. The highest BCUT2D eigenvalue weighted by Crippen LogP contribution is 2.23. The van der Waals surface area contributed by atoms with Gasteiger partial charge in [-0.1, -0.05) is 12.1 Å². The summed E-state index contributed by atoms with van der Waals surface area (Å²) in [5, 5.41) is 2.92. The molecule has 1 heterocycles. The molecule has 0 radical (unpaired) electrons. The summed E-state index contributed by atoms with van der Waals surface area (Å²) in [4.78, 5) is 16.7. The molecule has 0 fully saturated rings. The van der Waals surface area contributed by atoms with Gasteiger partial charge >= 0.3 is 0 Å². The molecule has 0 aliphatic heterocycles. The van der Waals surface area contributed by atoms with Crippen molar-refractivity contribution in [1.82, 2.24) is 4.98 Å². The van der Waals surface area contributed by atoms with Crippen LogP contribution in [0.15, 0.2) is 30.3 Å². The summed E-state index contributed by atoms with van der Waals surface area (Å²) in [6, 6.07) is 9.09. The van der Waals surface area contributed by atoms with E-state index in [1.165, 1.54) is 0 Å². The van der Waals surface area contributed by atoms with Gasteiger partial charge in [-0.15, -0.1) is 0 Å².